The third-order valence-corrected chi connectivity index (χ3v) is 6.19. The van der Waals surface area contributed by atoms with E-state index in [2.05, 4.69) is 58.2 Å². The Morgan fingerprint density at radius 3 is 2.72 bits per heavy atom. The van der Waals surface area contributed by atoms with Crippen LogP contribution < -0.4 is 5.32 Å². The molecule has 1 aromatic carbocycles. The van der Waals surface area contributed by atoms with Crippen LogP contribution in [0.5, 0.6) is 0 Å². The lowest BCUT2D eigenvalue weighted by Gasteiger charge is -2.24. The number of hydrogen-bond acceptors (Lipinski definition) is 3. The Labute approximate surface area is 176 Å². The minimum Gasteiger partial charge on any atom is -0.352 e. The summed E-state index contributed by atoms with van der Waals surface area (Å²) in [7, 11) is 1.87. The van der Waals surface area contributed by atoms with Gasteiger partial charge >= 0.3 is 0 Å². The van der Waals surface area contributed by atoms with Crippen molar-refractivity contribution in [1.29, 1.82) is 0 Å². The third kappa shape index (κ3) is 5.95. The molecular weight excluding hydrogens is 362 g/mol. The van der Waals surface area contributed by atoms with E-state index in [-0.39, 0.29) is 5.91 Å². The lowest BCUT2D eigenvalue weighted by Crippen LogP contribution is -2.40. The van der Waals surface area contributed by atoms with Crippen LogP contribution in [0.2, 0.25) is 0 Å². The third-order valence-electron chi connectivity index (χ3n) is 6.19. The molecule has 1 amide bonds. The molecule has 2 fully saturated rings. The lowest BCUT2D eigenvalue weighted by atomic mass is 10.1. The van der Waals surface area contributed by atoms with Crippen LogP contribution in [0.1, 0.15) is 44.2 Å². The molecule has 1 N–H and O–H groups in total. The van der Waals surface area contributed by atoms with E-state index in [1.54, 1.807) is 0 Å². The second-order valence-corrected chi connectivity index (χ2v) is 8.23. The Kier molecular flexibility index (Phi) is 7.92. The molecule has 0 saturated carbocycles. The fourth-order valence-corrected chi connectivity index (χ4v) is 4.46. The fraction of sp³-hybridized carbons (Fsp3) is 0.652. The van der Waals surface area contributed by atoms with Crippen LogP contribution in [0, 0.1) is 5.92 Å². The maximum atomic E-state index is 11.9. The molecule has 6 heteroatoms. The van der Waals surface area contributed by atoms with E-state index in [0.29, 0.717) is 6.42 Å². The molecule has 2 saturated heterocycles. The molecule has 2 aliphatic heterocycles. The highest BCUT2D eigenvalue weighted by Crippen LogP contribution is 2.18. The molecular formula is C23H37N5O. The standard InChI is InChI=1S/C23H37N5O/c1-4-26(5-2)16-21-11-13-28(18-21)23(24-3)25-15-19-8-6-9-20(14-19)17-27-12-7-10-22(27)29/h6,8-9,14,21H,4-5,7,10-13,15-18H2,1-3H3,(H,24,25). The van der Waals surface area contributed by atoms with Crippen LogP contribution in [0.25, 0.3) is 0 Å². The summed E-state index contributed by atoms with van der Waals surface area (Å²) in [5, 5.41) is 3.54. The van der Waals surface area contributed by atoms with Crippen molar-refractivity contribution in [1.82, 2.24) is 20.0 Å². The first-order valence-corrected chi connectivity index (χ1v) is 11.2. The number of hydrogen-bond donors (Lipinski definition) is 1. The Hall–Kier alpha value is -2.08. The number of guanidine groups is 1. The number of carbonyl (C=O) groups is 1. The zero-order chi connectivity index (χ0) is 20.6. The van der Waals surface area contributed by atoms with E-state index >= 15 is 0 Å². The van der Waals surface area contributed by atoms with Crippen molar-refractivity contribution in [2.45, 2.75) is 46.2 Å². The highest BCUT2D eigenvalue weighted by molar-refractivity contribution is 5.80. The van der Waals surface area contributed by atoms with Gasteiger partial charge in [0.05, 0.1) is 0 Å². The summed E-state index contributed by atoms with van der Waals surface area (Å²) in [6, 6.07) is 8.55. The van der Waals surface area contributed by atoms with Gasteiger partial charge in [0.1, 0.15) is 0 Å². The largest absolute Gasteiger partial charge is 0.352 e. The van der Waals surface area contributed by atoms with Crippen molar-refractivity contribution >= 4 is 11.9 Å². The number of rotatable bonds is 8. The second-order valence-electron chi connectivity index (χ2n) is 8.23. The first-order valence-electron chi connectivity index (χ1n) is 11.2. The summed E-state index contributed by atoms with van der Waals surface area (Å²) < 4.78 is 0. The first-order chi connectivity index (χ1) is 14.1. The van der Waals surface area contributed by atoms with Crippen molar-refractivity contribution in [3.8, 4) is 0 Å². The van der Waals surface area contributed by atoms with Gasteiger partial charge < -0.3 is 20.0 Å². The van der Waals surface area contributed by atoms with Gasteiger partial charge in [-0.25, -0.2) is 0 Å². The number of carbonyl (C=O) groups excluding carboxylic acids is 1. The Morgan fingerprint density at radius 2 is 2.03 bits per heavy atom. The van der Waals surface area contributed by atoms with Crippen molar-refractivity contribution in [2.75, 3.05) is 46.3 Å². The number of nitrogens with one attached hydrogen (secondary N) is 1. The zero-order valence-electron chi connectivity index (χ0n) is 18.4. The van der Waals surface area contributed by atoms with Gasteiger partial charge in [-0.05, 0) is 43.0 Å². The molecule has 0 aromatic heterocycles. The molecule has 2 heterocycles. The molecule has 2 aliphatic rings. The van der Waals surface area contributed by atoms with E-state index in [1.165, 1.54) is 24.1 Å². The Morgan fingerprint density at radius 1 is 1.24 bits per heavy atom. The topological polar surface area (TPSA) is 51.2 Å². The van der Waals surface area contributed by atoms with Gasteiger partial charge in [-0.2, -0.15) is 0 Å². The summed E-state index contributed by atoms with van der Waals surface area (Å²) in [5.74, 6) is 1.99. The molecule has 0 spiro atoms. The summed E-state index contributed by atoms with van der Waals surface area (Å²) in [4.78, 5) is 23.3. The maximum Gasteiger partial charge on any atom is 0.222 e. The van der Waals surface area contributed by atoms with Gasteiger partial charge in [-0.1, -0.05) is 38.1 Å². The van der Waals surface area contributed by atoms with Gasteiger partial charge in [0.2, 0.25) is 5.91 Å². The molecule has 1 atom stereocenters. The van der Waals surface area contributed by atoms with Gasteiger partial charge in [0.15, 0.2) is 5.96 Å². The molecule has 29 heavy (non-hydrogen) atoms. The number of nitrogens with zero attached hydrogens (tertiary/aromatic N) is 4. The van der Waals surface area contributed by atoms with Crippen LogP contribution in [-0.4, -0.2) is 72.9 Å². The molecule has 1 aromatic rings. The van der Waals surface area contributed by atoms with Crippen LogP contribution >= 0.6 is 0 Å². The fourth-order valence-electron chi connectivity index (χ4n) is 4.46. The van der Waals surface area contributed by atoms with E-state index < -0.39 is 0 Å². The molecule has 1 unspecified atom stereocenters. The summed E-state index contributed by atoms with van der Waals surface area (Å²) in [6.07, 6.45) is 2.92. The van der Waals surface area contributed by atoms with Crippen molar-refractivity contribution < 1.29 is 4.79 Å². The molecule has 0 aliphatic carbocycles. The lowest BCUT2D eigenvalue weighted by molar-refractivity contribution is -0.128. The zero-order valence-corrected chi connectivity index (χ0v) is 18.4. The molecule has 6 nitrogen and oxygen atoms in total. The van der Waals surface area contributed by atoms with E-state index in [4.69, 9.17) is 0 Å². The summed E-state index contributed by atoms with van der Waals surface area (Å²) >= 11 is 0. The van der Waals surface area contributed by atoms with Gasteiger partial charge in [-0.3, -0.25) is 9.79 Å². The average molecular weight is 400 g/mol. The molecule has 0 radical (unpaired) electrons. The van der Waals surface area contributed by atoms with E-state index in [0.717, 1.165) is 64.1 Å². The monoisotopic (exact) mass is 399 g/mol. The minimum absolute atomic E-state index is 0.280. The van der Waals surface area contributed by atoms with Crippen LogP contribution in [0.3, 0.4) is 0 Å². The summed E-state index contributed by atoms with van der Waals surface area (Å²) in [5.41, 5.74) is 2.43. The molecule has 3 rings (SSSR count). The van der Waals surface area contributed by atoms with Crippen molar-refractivity contribution in [3.05, 3.63) is 35.4 Å². The predicted molar refractivity (Wildman–Crippen MR) is 119 cm³/mol. The quantitative estimate of drug-likeness (QED) is 0.539. The normalized spacial score (nSPS) is 20.2. The van der Waals surface area contributed by atoms with Crippen molar-refractivity contribution in [3.63, 3.8) is 0 Å². The predicted octanol–water partition coefficient (Wildman–Crippen LogP) is 2.55. The molecule has 0 bridgehead atoms. The Balaban J connectivity index is 1.51. The number of amides is 1. The highest BCUT2D eigenvalue weighted by atomic mass is 16.2. The summed E-state index contributed by atoms with van der Waals surface area (Å²) in [6.45, 7) is 12.4. The smallest absolute Gasteiger partial charge is 0.222 e. The maximum absolute atomic E-state index is 11.9. The number of likely N-dealkylation sites (tertiary alicyclic amines) is 2. The van der Waals surface area contributed by atoms with Crippen LogP contribution in [0.4, 0.5) is 0 Å². The van der Waals surface area contributed by atoms with E-state index in [9.17, 15) is 4.79 Å². The minimum atomic E-state index is 0.280. The SMILES string of the molecule is CCN(CC)CC1CCN(C(=NC)NCc2cccc(CN3CCCC3=O)c2)C1. The first kappa shape index (κ1) is 21.6. The Bertz CT molecular complexity index is 700. The van der Waals surface area contributed by atoms with Crippen molar-refractivity contribution in [2.24, 2.45) is 10.9 Å². The van der Waals surface area contributed by atoms with Gasteiger partial charge in [0, 0.05) is 52.7 Å². The number of benzene rings is 1. The molecule has 160 valence electrons. The van der Waals surface area contributed by atoms with Gasteiger partial charge in [0.25, 0.3) is 0 Å². The van der Waals surface area contributed by atoms with Crippen LogP contribution in [-0.2, 0) is 17.9 Å². The number of aliphatic imine (C=N–C) groups is 1. The average Bonchev–Trinajstić information content (AvgIpc) is 3.36. The highest BCUT2D eigenvalue weighted by Gasteiger charge is 2.26. The van der Waals surface area contributed by atoms with Crippen LogP contribution in [0.15, 0.2) is 29.3 Å². The second kappa shape index (κ2) is 10.6. The van der Waals surface area contributed by atoms with Gasteiger partial charge in [-0.15, -0.1) is 0 Å². The van der Waals surface area contributed by atoms with E-state index in [1.807, 2.05) is 11.9 Å².